The zero-order chi connectivity index (χ0) is 16.3. The Bertz CT molecular complexity index is 754. The number of hydrogen-bond donors (Lipinski definition) is 0. The fourth-order valence-electron chi connectivity index (χ4n) is 2.98. The molecule has 122 valence electrons. The molecule has 0 N–H and O–H groups in total. The summed E-state index contributed by atoms with van der Waals surface area (Å²) < 4.78 is 25.1. The lowest BCUT2D eigenvalue weighted by atomic mass is 10.2. The molecule has 0 radical (unpaired) electrons. The van der Waals surface area contributed by atoms with E-state index in [4.69, 9.17) is 0 Å². The molecule has 6 heteroatoms. The molecule has 0 spiro atoms. The fraction of sp³-hybridized carbons (Fsp3) is 0.353. The summed E-state index contributed by atoms with van der Waals surface area (Å²) in [7, 11) is -3.36. The maximum absolute atomic E-state index is 12.5. The SMILES string of the molecule is O=C(Cc1cccs1)N1CCC[C@H]1CS(=O)(=O)c1ccccc1. The third-order valence-electron chi connectivity index (χ3n) is 4.12. The van der Waals surface area contributed by atoms with Crippen molar-refractivity contribution in [3.05, 3.63) is 52.7 Å². The topological polar surface area (TPSA) is 54.5 Å². The van der Waals surface area contributed by atoms with Crippen molar-refractivity contribution in [2.45, 2.75) is 30.2 Å². The summed E-state index contributed by atoms with van der Waals surface area (Å²) in [5.74, 6) is 0.0333. The fourth-order valence-corrected chi connectivity index (χ4v) is 5.29. The predicted octanol–water partition coefficient (Wildman–Crippen LogP) is 2.76. The zero-order valence-corrected chi connectivity index (χ0v) is 14.4. The van der Waals surface area contributed by atoms with Crippen LogP contribution in [0.15, 0.2) is 52.7 Å². The van der Waals surface area contributed by atoms with Crippen molar-refractivity contribution >= 4 is 27.1 Å². The van der Waals surface area contributed by atoms with Crippen molar-refractivity contribution in [3.63, 3.8) is 0 Å². The largest absolute Gasteiger partial charge is 0.338 e. The van der Waals surface area contributed by atoms with E-state index in [-0.39, 0.29) is 17.7 Å². The molecular formula is C17H19NO3S2. The lowest BCUT2D eigenvalue weighted by Gasteiger charge is -2.24. The number of thiophene rings is 1. The van der Waals surface area contributed by atoms with Gasteiger partial charge in [0, 0.05) is 17.5 Å². The molecule has 2 aromatic rings. The predicted molar refractivity (Wildman–Crippen MR) is 91.3 cm³/mol. The highest BCUT2D eigenvalue weighted by molar-refractivity contribution is 7.91. The van der Waals surface area contributed by atoms with Crippen LogP contribution >= 0.6 is 11.3 Å². The Morgan fingerprint density at radius 3 is 2.65 bits per heavy atom. The number of rotatable bonds is 5. The summed E-state index contributed by atoms with van der Waals surface area (Å²) in [6.45, 7) is 0.652. The summed E-state index contributed by atoms with van der Waals surface area (Å²) in [5.41, 5.74) is 0. The van der Waals surface area contributed by atoms with Gasteiger partial charge in [-0.1, -0.05) is 24.3 Å². The minimum absolute atomic E-state index is 0.00714. The van der Waals surface area contributed by atoms with E-state index in [0.717, 1.165) is 17.7 Å². The number of likely N-dealkylation sites (tertiary alicyclic amines) is 1. The first-order chi connectivity index (χ1) is 11.1. The molecule has 0 aliphatic carbocycles. The second-order valence-corrected chi connectivity index (χ2v) is 8.80. The van der Waals surface area contributed by atoms with Crippen LogP contribution in [0.1, 0.15) is 17.7 Å². The number of sulfone groups is 1. The van der Waals surface area contributed by atoms with Gasteiger partial charge in [-0.05, 0) is 36.4 Å². The number of carbonyl (C=O) groups excluding carboxylic acids is 1. The van der Waals surface area contributed by atoms with Gasteiger partial charge in [-0.3, -0.25) is 4.79 Å². The van der Waals surface area contributed by atoms with E-state index < -0.39 is 9.84 Å². The summed E-state index contributed by atoms with van der Waals surface area (Å²) in [4.78, 5) is 15.6. The summed E-state index contributed by atoms with van der Waals surface area (Å²) in [6.07, 6.45) is 1.98. The van der Waals surface area contributed by atoms with Gasteiger partial charge in [-0.2, -0.15) is 0 Å². The van der Waals surface area contributed by atoms with Crippen molar-refractivity contribution in [2.24, 2.45) is 0 Å². The Kier molecular flexibility index (Phi) is 4.82. The van der Waals surface area contributed by atoms with Crippen LogP contribution in [0.4, 0.5) is 0 Å². The molecule has 1 aromatic carbocycles. The Balaban J connectivity index is 1.71. The minimum Gasteiger partial charge on any atom is -0.338 e. The molecule has 3 rings (SSSR count). The first-order valence-electron chi connectivity index (χ1n) is 7.66. The average molecular weight is 349 g/mol. The van der Waals surface area contributed by atoms with Crippen LogP contribution in [0.5, 0.6) is 0 Å². The second kappa shape index (κ2) is 6.84. The van der Waals surface area contributed by atoms with Crippen LogP contribution < -0.4 is 0 Å². The van der Waals surface area contributed by atoms with E-state index in [1.165, 1.54) is 0 Å². The Hall–Kier alpha value is -1.66. The van der Waals surface area contributed by atoms with Crippen molar-refractivity contribution in [1.29, 1.82) is 0 Å². The molecule has 2 heterocycles. The number of nitrogens with zero attached hydrogens (tertiary/aromatic N) is 1. The standard InChI is InChI=1S/C17H19NO3S2/c19-17(12-15-7-5-11-22-15)18-10-4-6-14(18)13-23(20,21)16-8-2-1-3-9-16/h1-3,5,7-9,11,14H,4,6,10,12-13H2/t14-/m0/s1. The van der Waals surface area contributed by atoms with Crippen molar-refractivity contribution in [2.75, 3.05) is 12.3 Å². The van der Waals surface area contributed by atoms with Crippen LogP contribution in [0.3, 0.4) is 0 Å². The second-order valence-electron chi connectivity index (χ2n) is 5.73. The van der Waals surface area contributed by atoms with Crippen molar-refractivity contribution in [3.8, 4) is 0 Å². The summed E-state index contributed by atoms with van der Waals surface area (Å²) >= 11 is 1.56. The molecule has 0 saturated carbocycles. The van der Waals surface area contributed by atoms with Gasteiger partial charge in [0.05, 0.1) is 17.1 Å². The smallest absolute Gasteiger partial charge is 0.228 e. The number of amides is 1. The van der Waals surface area contributed by atoms with E-state index >= 15 is 0 Å². The first kappa shape index (κ1) is 16.2. The van der Waals surface area contributed by atoms with Gasteiger partial charge >= 0.3 is 0 Å². The van der Waals surface area contributed by atoms with Gasteiger partial charge in [0.1, 0.15) is 0 Å². The number of hydrogen-bond acceptors (Lipinski definition) is 4. The average Bonchev–Trinajstić information content (AvgIpc) is 3.19. The van der Waals surface area contributed by atoms with Crippen LogP contribution in [0.25, 0.3) is 0 Å². The van der Waals surface area contributed by atoms with Crippen LogP contribution in [-0.2, 0) is 21.1 Å². The number of carbonyl (C=O) groups is 1. The monoisotopic (exact) mass is 349 g/mol. The lowest BCUT2D eigenvalue weighted by molar-refractivity contribution is -0.130. The van der Waals surface area contributed by atoms with Crippen LogP contribution in [0.2, 0.25) is 0 Å². The van der Waals surface area contributed by atoms with Gasteiger partial charge in [0.15, 0.2) is 9.84 Å². The molecule has 1 aliphatic rings. The molecule has 4 nitrogen and oxygen atoms in total. The molecule has 23 heavy (non-hydrogen) atoms. The number of benzene rings is 1. The first-order valence-corrected chi connectivity index (χ1v) is 10.2. The van der Waals surface area contributed by atoms with Gasteiger partial charge < -0.3 is 4.90 Å². The normalized spacial score (nSPS) is 18.3. The van der Waals surface area contributed by atoms with E-state index in [9.17, 15) is 13.2 Å². The Labute approximate surface area is 140 Å². The maximum atomic E-state index is 12.5. The summed E-state index contributed by atoms with van der Waals surface area (Å²) in [6, 6.07) is 12.1. The van der Waals surface area contributed by atoms with Crippen LogP contribution in [0, 0.1) is 0 Å². The lowest BCUT2D eigenvalue weighted by Crippen LogP contribution is -2.40. The molecule has 1 aliphatic heterocycles. The van der Waals surface area contributed by atoms with Crippen molar-refractivity contribution < 1.29 is 13.2 Å². The van der Waals surface area contributed by atoms with E-state index in [1.807, 2.05) is 17.5 Å². The highest BCUT2D eigenvalue weighted by atomic mass is 32.2. The Morgan fingerprint density at radius 2 is 1.96 bits per heavy atom. The van der Waals surface area contributed by atoms with Crippen molar-refractivity contribution in [1.82, 2.24) is 4.90 Å². The zero-order valence-electron chi connectivity index (χ0n) is 12.7. The molecule has 1 aromatic heterocycles. The van der Waals surface area contributed by atoms with Crippen LogP contribution in [-0.4, -0.2) is 37.6 Å². The minimum atomic E-state index is -3.36. The quantitative estimate of drug-likeness (QED) is 0.834. The molecule has 0 bridgehead atoms. The third-order valence-corrected chi connectivity index (χ3v) is 6.81. The highest BCUT2D eigenvalue weighted by Gasteiger charge is 2.32. The third kappa shape index (κ3) is 3.82. The molecule has 1 atom stereocenters. The van der Waals surface area contributed by atoms with Gasteiger partial charge in [0.2, 0.25) is 5.91 Å². The molecule has 1 amide bonds. The van der Waals surface area contributed by atoms with Gasteiger partial charge in [-0.15, -0.1) is 11.3 Å². The maximum Gasteiger partial charge on any atom is 0.228 e. The van der Waals surface area contributed by atoms with E-state index in [2.05, 4.69) is 0 Å². The van der Waals surface area contributed by atoms with E-state index in [1.54, 1.807) is 46.6 Å². The van der Waals surface area contributed by atoms with Gasteiger partial charge in [0.25, 0.3) is 0 Å². The molecular weight excluding hydrogens is 330 g/mol. The molecule has 0 unspecified atom stereocenters. The molecule has 1 saturated heterocycles. The Morgan fingerprint density at radius 1 is 1.17 bits per heavy atom. The van der Waals surface area contributed by atoms with E-state index in [0.29, 0.717) is 17.9 Å². The summed E-state index contributed by atoms with van der Waals surface area (Å²) in [5, 5.41) is 1.95. The molecule has 1 fully saturated rings. The highest BCUT2D eigenvalue weighted by Crippen LogP contribution is 2.23. The van der Waals surface area contributed by atoms with Gasteiger partial charge in [-0.25, -0.2) is 8.42 Å².